The van der Waals surface area contributed by atoms with Gasteiger partial charge in [0.05, 0.1) is 5.92 Å². The number of rotatable bonds is 6. The zero-order valence-electron chi connectivity index (χ0n) is 17.5. The zero-order valence-corrected chi connectivity index (χ0v) is 18.3. The van der Waals surface area contributed by atoms with Crippen LogP contribution in [0.4, 0.5) is 15.2 Å². The van der Waals surface area contributed by atoms with Gasteiger partial charge in [-0.2, -0.15) is 4.98 Å². The maximum absolute atomic E-state index is 13.0. The van der Waals surface area contributed by atoms with Crippen molar-refractivity contribution in [3.05, 3.63) is 46.8 Å². The molecular weight excluding hydrogens is 435 g/mol. The Hall–Kier alpha value is -3.34. The van der Waals surface area contributed by atoms with Crippen LogP contribution in [0.3, 0.4) is 0 Å². The lowest BCUT2D eigenvalue weighted by Crippen LogP contribution is -2.43. The van der Waals surface area contributed by atoms with Crippen LogP contribution in [0.25, 0.3) is 10.3 Å². The number of fused-ring (bicyclic) bond motifs is 1. The second kappa shape index (κ2) is 9.43. The fourth-order valence-corrected chi connectivity index (χ4v) is 4.66. The van der Waals surface area contributed by atoms with Crippen molar-refractivity contribution in [1.82, 2.24) is 19.9 Å². The fourth-order valence-electron chi connectivity index (χ4n) is 3.65. The maximum atomic E-state index is 13.0. The molecule has 0 bridgehead atoms. The normalized spacial score (nSPS) is 16.2. The number of anilines is 2. The molecule has 168 valence electrons. The molecule has 1 aliphatic rings. The largest absolute Gasteiger partial charge is 0.356 e. The lowest BCUT2D eigenvalue weighted by Gasteiger charge is -2.31. The summed E-state index contributed by atoms with van der Waals surface area (Å²) in [5.74, 6) is -0.910. The molecule has 9 nitrogen and oxygen atoms in total. The molecule has 0 saturated carbocycles. The predicted octanol–water partition coefficient (Wildman–Crippen LogP) is 1.98. The smallest absolute Gasteiger partial charge is 0.273 e. The number of benzene rings is 1. The monoisotopic (exact) mass is 458 g/mol. The highest BCUT2D eigenvalue weighted by molar-refractivity contribution is 7.22. The molecule has 0 unspecified atom stereocenters. The number of hydrogen-bond donors (Lipinski definition) is 2. The van der Waals surface area contributed by atoms with Crippen LogP contribution in [0, 0.1) is 11.7 Å². The molecule has 1 fully saturated rings. The molecule has 0 aliphatic carbocycles. The van der Waals surface area contributed by atoms with Crippen molar-refractivity contribution >= 4 is 44.3 Å². The van der Waals surface area contributed by atoms with E-state index >= 15 is 0 Å². The van der Waals surface area contributed by atoms with Crippen molar-refractivity contribution in [3.63, 3.8) is 0 Å². The molecule has 3 aromatic rings. The summed E-state index contributed by atoms with van der Waals surface area (Å²) in [6.07, 6.45) is 2.98. The molecule has 4 rings (SSSR count). The van der Waals surface area contributed by atoms with Crippen LogP contribution in [0.15, 0.2) is 35.4 Å². The van der Waals surface area contributed by atoms with E-state index in [1.807, 2.05) is 11.8 Å². The summed E-state index contributed by atoms with van der Waals surface area (Å²) < 4.78 is 14.6. The number of carbonyl (C=O) groups excluding carboxylic acids is 2. The molecule has 1 saturated heterocycles. The van der Waals surface area contributed by atoms with Gasteiger partial charge in [0.25, 0.3) is 5.56 Å². The Kier molecular flexibility index (Phi) is 6.45. The Morgan fingerprint density at radius 3 is 2.81 bits per heavy atom. The van der Waals surface area contributed by atoms with Gasteiger partial charge in [-0.1, -0.05) is 11.3 Å². The zero-order chi connectivity index (χ0) is 22.7. The Morgan fingerprint density at radius 2 is 2.06 bits per heavy atom. The van der Waals surface area contributed by atoms with Gasteiger partial charge in [0.2, 0.25) is 11.8 Å². The van der Waals surface area contributed by atoms with E-state index in [1.165, 1.54) is 46.5 Å². The van der Waals surface area contributed by atoms with Gasteiger partial charge < -0.3 is 15.5 Å². The molecule has 0 spiro atoms. The first-order chi connectivity index (χ1) is 15.4. The topological polar surface area (TPSA) is 109 Å². The summed E-state index contributed by atoms with van der Waals surface area (Å²) in [7, 11) is 0. The Bertz CT molecular complexity index is 1190. The molecule has 0 radical (unpaired) electrons. The minimum absolute atomic E-state index is 0.0333. The van der Waals surface area contributed by atoms with Crippen molar-refractivity contribution in [2.75, 3.05) is 29.9 Å². The molecule has 3 heterocycles. The van der Waals surface area contributed by atoms with Gasteiger partial charge in [-0.3, -0.25) is 19.0 Å². The number of nitrogens with one attached hydrogen (secondary N) is 2. The molecule has 32 heavy (non-hydrogen) atoms. The molecule has 2 amide bonds. The third kappa shape index (κ3) is 4.77. The van der Waals surface area contributed by atoms with Crippen LogP contribution in [-0.4, -0.2) is 46.0 Å². The van der Waals surface area contributed by atoms with E-state index in [4.69, 9.17) is 0 Å². The quantitative estimate of drug-likeness (QED) is 0.585. The van der Waals surface area contributed by atoms with Gasteiger partial charge in [-0.25, -0.2) is 9.37 Å². The highest BCUT2D eigenvalue weighted by atomic mass is 32.1. The van der Waals surface area contributed by atoms with Crippen LogP contribution in [0.5, 0.6) is 0 Å². The minimum Gasteiger partial charge on any atom is -0.356 e. The lowest BCUT2D eigenvalue weighted by molar-refractivity contribution is -0.125. The second-order valence-electron chi connectivity index (χ2n) is 7.56. The molecule has 1 atom stereocenters. The number of carbonyl (C=O) groups is 2. The van der Waals surface area contributed by atoms with Crippen LogP contribution in [0.2, 0.25) is 0 Å². The van der Waals surface area contributed by atoms with Crippen LogP contribution < -0.4 is 21.1 Å². The number of thiazole rings is 1. The van der Waals surface area contributed by atoms with E-state index in [0.717, 1.165) is 19.4 Å². The molecule has 1 aromatic carbocycles. The molecular formula is C21H23FN6O3S. The lowest BCUT2D eigenvalue weighted by atomic mass is 9.97. The third-order valence-electron chi connectivity index (χ3n) is 5.23. The minimum atomic E-state index is -0.426. The Morgan fingerprint density at radius 1 is 1.28 bits per heavy atom. The number of amides is 2. The first kappa shape index (κ1) is 21.9. The SMILES string of the molecule is CCNC(=O)[C@@H]1CCCN(c2nc3ncn(CC(=O)Nc4ccc(F)cc4)c(=O)c3s2)C1. The number of halogens is 1. The van der Waals surface area contributed by atoms with Crippen molar-refractivity contribution < 1.29 is 14.0 Å². The van der Waals surface area contributed by atoms with E-state index in [2.05, 4.69) is 20.6 Å². The van der Waals surface area contributed by atoms with Crippen molar-refractivity contribution in [2.45, 2.75) is 26.3 Å². The van der Waals surface area contributed by atoms with Crippen LogP contribution in [-0.2, 0) is 16.1 Å². The van der Waals surface area contributed by atoms with Gasteiger partial charge in [0.15, 0.2) is 10.8 Å². The highest BCUT2D eigenvalue weighted by Crippen LogP contribution is 2.29. The number of hydrogen-bond acceptors (Lipinski definition) is 7. The van der Waals surface area contributed by atoms with E-state index in [0.29, 0.717) is 34.3 Å². The third-order valence-corrected chi connectivity index (χ3v) is 6.32. The van der Waals surface area contributed by atoms with E-state index < -0.39 is 11.7 Å². The van der Waals surface area contributed by atoms with Crippen molar-refractivity contribution in [1.29, 1.82) is 0 Å². The Labute approximate surface area is 187 Å². The summed E-state index contributed by atoms with van der Waals surface area (Å²) in [5.41, 5.74) is 0.404. The maximum Gasteiger partial charge on any atom is 0.273 e. The van der Waals surface area contributed by atoms with E-state index in [9.17, 15) is 18.8 Å². The van der Waals surface area contributed by atoms with E-state index in [1.54, 1.807) is 0 Å². The summed E-state index contributed by atoms with van der Waals surface area (Å²) in [6.45, 7) is 3.55. The average Bonchev–Trinajstić information content (AvgIpc) is 3.23. The summed E-state index contributed by atoms with van der Waals surface area (Å²) in [6, 6.07) is 5.37. The Balaban J connectivity index is 1.49. The van der Waals surface area contributed by atoms with Gasteiger partial charge in [0.1, 0.15) is 23.4 Å². The standard InChI is InChI=1S/C21H23FN6O3S/c1-2-23-19(30)13-4-3-9-27(10-13)21-26-18-17(32-21)20(31)28(12-24-18)11-16(29)25-15-7-5-14(22)6-8-15/h5-8,12-13H,2-4,9-11H2,1H3,(H,23,30)(H,25,29)/t13-/m1/s1. The predicted molar refractivity (Wildman–Crippen MR) is 120 cm³/mol. The van der Waals surface area contributed by atoms with E-state index in [-0.39, 0.29) is 23.9 Å². The van der Waals surface area contributed by atoms with Crippen molar-refractivity contribution in [3.8, 4) is 0 Å². The highest BCUT2D eigenvalue weighted by Gasteiger charge is 2.27. The van der Waals surface area contributed by atoms with Crippen LogP contribution >= 0.6 is 11.3 Å². The first-order valence-electron chi connectivity index (χ1n) is 10.4. The summed E-state index contributed by atoms with van der Waals surface area (Å²) >= 11 is 1.22. The first-order valence-corrected chi connectivity index (χ1v) is 11.2. The van der Waals surface area contributed by atoms with Gasteiger partial charge >= 0.3 is 0 Å². The fraction of sp³-hybridized carbons (Fsp3) is 0.381. The molecule has 2 aromatic heterocycles. The summed E-state index contributed by atoms with van der Waals surface area (Å²) in [5, 5.41) is 6.13. The molecule has 2 N–H and O–H groups in total. The number of aromatic nitrogens is 3. The molecule has 11 heteroatoms. The van der Waals surface area contributed by atoms with Gasteiger partial charge in [0, 0.05) is 25.3 Å². The van der Waals surface area contributed by atoms with Gasteiger partial charge in [-0.05, 0) is 44.0 Å². The van der Waals surface area contributed by atoms with Crippen molar-refractivity contribution in [2.24, 2.45) is 5.92 Å². The van der Waals surface area contributed by atoms with Crippen LogP contribution in [0.1, 0.15) is 19.8 Å². The number of nitrogens with zero attached hydrogens (tertiary/aromatic N) is 4. The average molecular weight is 459 g/mol. The van der Waals surface area contributed by atoms with Gasteiger partial charge in [-0.15, -0.1) is 0 Å². The number of piperidine rings is 1. The molecule has 1 aliphatic heterocycles. The summed E-state index contributed by atoms with van der Waals surface area (Å²) in [4.78, 5) is 48.2. The second-order valence-corrected chi connectivity index (χ2v) is 8.54.